The van der Waals surface area contributed by atoms with Crippen LogP contribution >= 0.6 is 0 Å². The van der Waals surface area contributed by atoms with Gasteiger partial charge in [0, 0.05) is 6.42 Å². The summed E-state index contributed by atoms with van der Waals surface area (Å²) in [5.41, 5.74) is 1.79. The Bertz CT molecular complexity index is 330. The fourth-order valence-corrected chi connectivity index (χ4v) is 2.12. The first kappa shape index (κ1) is 9.69. The first-order valence-corrected chi connectivity index (χ1v) is 5.35. The summed E-state index contributed by atoms with van der Waals surface area (Å²) in [4.78, 5) is 0. The Morgan fingerprint density at radius 1 is 1.64 bits per heavy atom. The third-order valence-electron chi connectivity index (χ3n) is 3.03. The molecular weight excluding hydrogens is 179 g/mol. The number of alkyl halides is 1. The van der Waals surface area contributed by atoms with Gasteiger partial charge in [-0.3, -0.25) is 4.68 Å². The highest BCUT2D eigenvalue weighted by Gasteiger charge is 2.33. The molecule has 14 heavy (non-hydrogen) atoms. The predicted molar refractivity (Wildman–Crippen MR) is 53.9 cm³/mol. The lowest BCUT2D eigenvalue weighted by Crippen LogP contribution is -2.12. The number of hydrogen-bond donors (Lipinski definition) is 0. The monoisotopic (exact) mass is 196 g/mol. The SMILES string of the molecule is CCc1cc2n(n1)C(C(C)C)CC2F. The Morgan fingerprint density at radius 3 is 2.93 bits per heavy atom. The molecule has 0 aliphatic carbocycles. The van der Waals surface area contributed by atoms with Gasteiger partial charge in [-0.15, -0.1) is 0 Å². The summed E-state index contributed by atoms with van der Waals surface area (Å²) in [7, 11) is 0. The molecule has 0 saturated heterocycles. The van der Waals surface area contributed by atoms with E-state index in [-0.39, 0.29) is 6.04 Å². The topological polar surface area (TPSA) is 17.8 Å². The highest BCUT2D eigenvalue weighted by molar-refractivity contribution is 5.18. The van der Waals surface area contributed by atoms with Gasteiger partial charge >= 0.3 is 0 Å². The number of aryl methyl sites for hydroxylation is 1. The summed E-state index contributed by atoms with van der Waals surface area (Å²) in [6, 6.07) is 2.16. The molecule has 0 fully saturated rings. The molecule has 0 saturated carbocycles. The first-order chi connectivity index (χ1) is 6.63. The van der Waals surface area contributed by atoms with Crippen LogP contribution in [-0.4, -0.2) is 9.78 Å². The summed E-state index contributed by atoms with van der Waals surface area (Å²) in [6.45, 7) is 6.30. The largest absolute Gasteiger partial charge is 0.263 e. The van der Waals surface area contributed by atoms with E-state index >= 15 is 0 Å². The third kappa shape index (κ3) is 1.35. The van der Waals surface area contributed by atoms with Crippen molar-refractivity contribution in [2.24, 2.45) is 5.92 Å². The lowest BCUT2D eigenvalue weighted by molar-refractivity contribution is 0.289. The molecule has 0 radical (unpaired) electrons. The zero-order valence-electron chi connectivity index (χ0n) is 9.00. The van der Waals surface area contributed by atoms with E-state index in [1.54, 1.807) is 0 Å². The van der Waals surface area contributed by atoms with Crippen molar-refractivity contribution in [3.8, 4) is 0 Å². The van der Waals surface area contributed by atoms with Crippen LogP contribution in [0.3, 0.4) is 0 Å². The molecule has 78 valence electrons. The third-order valence-corrected chi connectivity index (χ3v) is 3.03. The van der Waals surface area contributed by atoms with E-state index in [1.807, 2.05) is 10.7 Å². The van der Waals surface area contributed by atoms with Crippen LogP contribution < -0.4 is 0 Å². The summed E-state index contributed by atoms with van der Waals surface area (Å²) in [6.07, 6.45) is 0.678. The minimum Gasteiger partial charge on any atom is -0.263 e. The van der Waals surface area contributed by atoms with Crippen molar-refractivity contribution in [1.29, 1.82) is 0 Å². The smallest absolute Gasteiger partial charge is 0.144 e. The van der Waals surface area contributed by atoms with Crippen LogP contribution in [0.5, 0.6) is 0 Å². The lowest BCUT2D eigenvalue weighted by Gasteiger charge is -2.15. The molecule has 2 nitrogen and oxygen atoms in total. The zero-order valence-corrected chi connectivity index (χ0v) is 9.00. The van der Waals surface area contributed by atoms with Crippen LogP contribution in [-0.2, 0) is 6.42 Å². The molecule has 0 aromatic carbocycles. The Morgan fingerprint density at radius 2 is 2.36 bits per heavy atom. The van der Waals surface area contributed by atoms with Gasteiger partial charge in [-0.1, -0.05) is 20.8 Å². The molecule has 2 rings (SSSR count). The van der Waals surface area contributed by atoms with Crippen LogP contribution in [0.1, 0.15) is 50.8 Å². The van der Waals surface area contributed by atoms with Crippen LogP contribution in [0.25, 0.3) is 0 Å². The van der Waals surface area contributed by atoms with Crippen LogP contribution in [0.15, 0.2) is 6.07 Å². The molecule has 1 aromatic heterocycles. The van der Waals surface area contributed by atoms with Crippen molar-refractivity contribution in [3.63, 3.8) is 0 Å². The number of nitrogens with zero attached hydrogens (tertiary/aromatic N) is 2. The van der Waals surface area contributed by atoms with Crippen LogP contribution in [0.4, 0.5) is 4.39 Å². The second-order valence-corrected chi connectivity index (χ2v) is 4.37. The minimum absolute atomic E-state index is 0.250. The number of rotatable bonds is 2. The summed E-state index contributed by atoms with van der Waals surface area (Å²) < 4.78 is 15.5. The van der Waals surface area contributed by atoms with Crippen molar-refractivity contribution < 1.29 is 4.39 Å². The van der Waals surface area contributed by atoms with E-state index < -0.39 is 6.17 Å². The number of fused-ring (bicyclic) bond motifs is 1. The van der Waals surface area contributed by atoms with Crippen molar-refractivity contribution in [1.82, 2.24) is 9.78 Å². The van der Waals surface area contributed by atoms with E-state index in [0.29, 0.717) is 12.3 Å². The molecule has 0 spiro atoms. The van der Waals surface area contributed by atoms with Gasteiger partial charge in [0.25, 0.3) is 0 Å². The highest BCUT2D eigenvalue weighted by Crippen LogP contribution is 2.40. The van der Waals surface area contributed by atoms with Crippen molar-refractivity contribution >= 4 is 0 Å². The van der Waals surface area contributed by atoms with E-state index in [1.165, 1.54) is 0 Å². The van der Waals surface area contributed by atoms with Gasteiger partial charge in [0.05, 0.1) is 17.4 Å². The Balaban J connectivity index is 2.36. The van der Waals surface area contributed by atoms with Crippen molar-refractivity contribution in [2.75, 3.05) is 0 Å². The quantitative estimate of drug-likeness (QED) is 0.710. The number of aromatic nitrogens is 2. The molecule has 3 heteroatoms. The van der Waals surface area contributed by atoms with E-state index in [0.717, 1.165) is 17.8 Å². The maximum Gasteiger partial charge on any atom is 0.144 e. The average molecular weight is 196 g/mol. The maximum atomic E-state index is 13.6. The number of halogens is 1. The molecule has 1 aliphatic heterocycles. The van der Waals surface area contributed by atoms with Gasteiger partial charge in [-0.05, 0) is 18.4 Å². The molecular formula is C11H17FN2. The second-order valence-electron chi connectivity index (χ2n) is 4.37. The average Bonchev–Trinajstić information content (AvgIpc) is 2.66. The lowest BCUT2D eigenvalue weighted by atomic mass is 10.0. The second kappa shape index (κ2) is 3.37. The van der Waals surface area contributed by atoms with Crippen LogP contribution in [0.2, 0.25) is 0 Å². The van der Waals surface area contributed by atoms with Gasteiger partial charge in [0.2, 0.25) is 0 Å². The predicted octanol–water partition coefficient (Wildman–Crippen LogP) is 3.06. The molecule has 1 aromatic rings. The molecule has 2 unspecified atom stereocenters. The van der Waals surface area contributed by atoms with Gasteiger partial charge in [0.15, 0.2) is 0 Å². The summed E-state index contributed by atoms with van der Waals surface area (Å²) in [5.74, 6) is 0.458. The molecule has 0 amide bonds. The Hall–Kier alpha value is -0.860. The van der Waals surface area contributed by atoms with Gasteiger partial charge < -0.3 is 0 Å². The standard InChI is InChI=1S/C11H17FN2/c1-4-8-5-11-9(12)6-10(7(2)3)14(11)13-8/h5,7,9-10H,4,6H2,1-3H3. The number of hydrogen-bond acceptors (Lipinski definition) is 1. The van der Waals surface area contributed by atoms with Crippen LogP contribution in [0, 0.1) is 5.92 Å². The van der Waals surface area contributed by atoms with Gasteiger partial charge in [-0.2, -0.15) is 5.10 Å². The minimum atomic E-state index is -0.810. The van der Waals surface area contributed by atoms with Crippen molar-refractivity contribution in [3.05, 3.63) is 17.5 Å². The summed E-state index contributed by atoms with van der Waals surface area (Å²) in [5, 5.41) is 4.44. The molecule has 2 heterocycles. The molecule has 1 aliphatic rings. The molecule has 2 atom stereocenters. The summed E-state index contributed by atoms with van der Waals surface area (Å²) >= 11 is 0. The van der Waals surface area contributed by atoms with Gasteiger partial charge in [0.1, 0.15) is 6.17 Å². The zero-order chi connectivity index (χ0) is 10.3. The van der Waals surface area contributed by atoms with Gasteiger partial charge in [-0.25, -0.2) is 4.39 Å². The molecule has 0 bridgehead atoms. The van der Waals surface area contributed by atoms with E-state index in [9.17, 15) is 4.39 Å². The fraction of sp³-hybridized carbons (Fsp3) is 0.727. The highest BCUT2D eigenvalue weighted by atomic mass is 19.1. The van der Waals surface area contributed by atoms with E-state index in [2.05, 4.69) is 25.9 Å². The van der Waals surface area contributed by atoms with Crippen molar-refractivity contribution in [2.45, 2.75) is 45.8 Å². The molecule has 0 N–H and O–H groups in total. The fourth-order valence-electron chi connectivity index (χ4n) is 2.12. The Kier molecular flexibility index (Phi) is 2.33. The Labute approximate surface area is 84.1 Å². The van der Waals surface area contributed by atoms with E-state index in [4.69, 9.17) is 0 Å². The maximum absolute atomic E-state index is 13.6. The first-order valence-electron chi connectivity index (χ1n) is 5.35. The normalized spacial score (nSPS) is 25.8.